The number of carbonyl (C=O) groups is 1. The molecule has 1 aromatic carbocycles. The third kappa shape index (κ3) is 4.41. The van der Waals surface area contributed by atoms with E-state index in [2.05, 4.69) is 0 Å². The Morgan fingerprint density at radius 2 is 2.06 bits per heavy atom. The van der Waals surface area contributed by atoms with Crippen LogP contribution in [0.1, 0.15) is 25.8 Å². The molecule has 0 aromatic heterocycles. The number of carbonyl (C=O) groups excluding carboxylic acids is 1. The summed E-state index contributed by atoms with van der Waals surface area (Å²) in [5.41, 5.74) is 6.84. The van der Waals surface area contributed by atoms with E-state index in [1.807, 2.05) is 44.2 Å². The van der Waals surface area contributed by atoms with E-state index in [9.17, 15) is 4.79 Å². The van der Waals surface area contributed by atoms with Crippen LogP contribution in [0.15, 0.2) is 42.2 Å². The van der Waals surface area contributed by atoms with Gasteiger partial charge in [-0.25, -0.2) is 4.79 Å². The molecule has 1 aromatic rings. The average molecular weight is 233 g/mol. The number of nitrogens with two attached hydrogens (primary N) is 1. The van der Waals surface area contributed by atoms with Gasteiger partial charge < -0.3 is 10.5 Å². The van der Waals surface area contributed by atoms with Gasteiger partial charge in [-0.05, 0) is 25.0 Å². The van der Waals surface area contributed by atoms with Crippen molar-refractivity contribution < 1.29 is 9.53 Å². The highest BCUT2D eigenvalue weighted by Crippen LogP contribution is 2.07. The number of rotatable bonds is 5. The van der Waals surface area contributed by atoms with E-state index in [1.54, 1.807) is 6.08 Å². The Balaban J connectivity index is 2.53. The molecule has 0 heterocycles. The number of benzene rings is 1. The van der Waals surface area contributed by atoms with Crippen molar-refractivity contribution in [2.24, 2.45) is 5.73 Å². The van der Waals surface area contributed by atoms with Crippen molar-refractivity contribution >= 4 is 5.97 Å². The lowest BCUT2D eigenvalue weighted by atomic mass is 10.1. The predicted octanol–water partition coefficient (Wildman–Crippen LogP) is 2.41. The minimum atomic E-state index is -0.612. The van der Waals surface area contributed by atoms with Crippen molar-refractivity contribution in [3.05, 3.63) is 47.7 Å². The quantitative estimate of drug-likeness (QED) is 0.627. The lowest BCUT2D eigenvalue weighted by Crippen LogP contribution is -2.34. The molecule has 0 aliphatic rings. The SMILES string of the molecule is CC=C(CC)OC(=O)C(N)Cc1ccccc1. The van der Waals surface area contributed by atoms with Gasteiger partial charge in [0.25, 0.3) is 0 Å². The zero-order valence-electron chi connectivity index (χ0n) is 10.3. The van der Waals surface area contributed by atoms with Crippen LogP contribution in [0, 0.1) is 0 Å². The van der Waals surface area contributed by atoms with E-state index in [0.717, 1.165) is 5.56 Å². The molecule has 0 aliphatic carbocycles. The Hall–Kier alpha value is -1.61. The second kappa shape index (κ2) is 6.86. The van der Waals surface area contributed by atoms with Crippen molar-refractivity contribution in [2.75, 3.05) is 0 Å². The summed E-state index contributed by atoms with van der Waals surface area (Å²) in [5, 5.41) is 0. The Labute approximate surface area is 102 Å². The summed E-state index contributed by atoms with van der Waals surface area (Å²) in [6.45, 7) is 3.78. The van der Waals surface area contributed by atoms with Crippen molar-refractivity contribution in [3.8, 4) is 0 Å². The lowest BCUT2D eigenvalue weighted by Gasteiger charge is -2.12. The topological polar surface area (TPSA) is 52.3 Å². The van der Waals surface area contributed by atoms with Gasteiger partial charge in [-0.1, -0.05) is 37.3 Å². The van der Waals surface area contributed by atoms with E-state index < -0.39 is 6.04 Å². The maximum absolute atomic E-state index is 11.7. The highest BCUT2D eigenvalue weighted by atomic mass is 16.5. The van der Waals surface area contributed by atoms with Gasteiger partial charge in [0, 0.05) is 6.42 Å². The van der Waals surface area contributed by atoms with Gasteiger partial charge in [0.15, 0.2) is 0 Å². The van der Waals surface area contributed by atoms with Crippen molar-refractivity contribution in [3.63, 3.8) is 0 Å². The maximum atomic E-state index is 11.7. The molecule has 17 heavy (non-hydrogen) atoms. The summed E-state index contributed by atoms with van der Waals surface area (Å²) in [7, 11) is 0. The van der Waals surface area contributed by atoms with Crippen LogP contribution in [-0.4, -0.2) is 12.0 Å². The maximum Gasteiger partial charge on any atom is 0.328 e. The van der Waals surface area contributed by atoms with Crippen LogP contribution >= 0.6 is 0 Å². The molecule has 0 saturated heterocycles. The Morgan fingerprint density at radius 3 is 2.59 bits per heavy atom. The summed E-state index contributed by atoms with van der Waals surface area (Å²) < 4.78 is 5.18. The predicted molar refractivity (Wildman–Crippen MR) is 68.3 cm³/mol. The second-order valence-corrected chi connectivity index (χ2v) is 3.83. The van der Waals surface area contributed by atoms with E-state index in [-0.39, 0.29) is 5.97 Å². The fourth-order valence-corrected chi connectivity index (χ4v) is 1.49. The molecule has 0 aliphatic heterocycles. The molecule has 1 rings (SSSR count). The lowest BCUT2D eigenvalue weighted by molar-refractivity contribution is -0.141. The molecule has 3 heteroatoms. The zero-order valence-corrected chi connectivity index (χ0v) is 10.3. The molecular formula is C14H19NO2. The van der Waals surface area contributed by atoms with Crippen LogP contribution in [0.25, 0.3) is 0 Å². The number of hydrogen-bond donors (Lipinski definition) is 1. The molecule has 3 nitrogen and oxygen atoms in total. The largest absolute Gasteiger partial charge is 0.430 e. The Bertz CT molecular complexity index is 384. The monoisotopic (exact) mass is 233 g/mol. The molecule has 0 amide bonds. The third-order valence-electron chi connectivity index (χ3n) is 2.50. The van der Waals surface area contributed by atoms with Crippen molar-refractivity contribution in [1.29, 1.82) is 0 Å². The van der Waals surface area contributed by atoms with Crippen LogP contribution in [0.5, 0.6) is 0 Å². The number of ether oxygens (including phenoxy) is 1. The van der Waals surface area contributed by atoms with Crippen LogP contribution in [-0.2, 0) is 16.0 Å². The second-order valence-electron chi connectivity index (χ2n) is 3.83. The standard InChI is InChI=1S/C14H19NO2/c1-3-12(4-2)17-14(16)13(15)10-11-8-6-5-7-9-11/h3,5-9,13H,4,10,15H2,1-2H3. The number of esters is 1. The van der Waals surface area contributed by atoms with Gasteiger partial charge in [-0.2, -0.15) is 0 Å². The molecule has 92 valence electrons. The first-order valence-corrected chi connectivity index (χ1v) is 5.83. The molecule has 1 unspecified atom stereocenters. The first kappa shape index (κ1) is 13.5. The number of hydrogen-bond acceptors (Lipinski definition) is 3. The van der Waals surface area contributed by atoms with Gasteiger partial charge in [0.2, 0.25) is 0 Å². The molecule has 2 N–H and O–H groups in total. The Kier molecular flexibility index (Phi) is 5.43. The van der Waals surface area contributed by atoms with Gasteiger partial charge in [-0.3, -0.25) is 0 Å². The van der Waals surface area contributed by atoms with Crippen LogP contribution in [0.2, 0.25) is 0 Å². The van der Waals surface area contributed by atoms with Gasteiger partial charge in [0.1, 0.15) is 11.8 Å². The molecule has 1 atom stereocenters. The fraction of sp³-hybridized carbons (Fsp3) is 0.357. The summed E-state index contributed by atoms with van der Waals surface area (Å²) in [6, 6.07) is 9.07. The summed E-state index contributed by atoms with van der Waals surface area (Å²) in [4.78, 5) is 11.7. The fourth-order valence-electron chi connectivity index (χ4n) is 1.49. The number of allylic oxidation sites excluding steroid dienone is 2. The zero-order chi connectivity index (χ0) is 12.7. The van der Waals surface area contributed by atoms with Gasteiger partial charge in [-0.15, -0.1) is 0 Å². The van der Waals surface area contributed by atoms with Crippen LogP contribution in [0.3, 0.4) is 0 Å². The minimum Gasteiger partial charge on any atom is -0.430 e. The summed E-state index contributed by atoms with van der Waals surface area (Å²) in [5.74, 6) is 0.294. The highest BCUT2D eigenvalue weighted by Gasteiger charge is 2.16. The van der Waals surface area contributed by atoms with E-state index in [4.69, 9.17) is 10.5 Å². The molecule has 0 saturated carbocycles. The first-order valence-electron chi connectivity index (χ1n) is 5.83. The minimum absolute atomic E-state index is 0.371. The molecule has 0 spiro atoms. The average Bonchev–Trinajstić information content (AvgIpc) is 2.36. The van der Waals surface area contributed by atoms with E-state index in [1.165, 1.54) is 0 Å². The third-order valence-corrected chi connectivity index (χ3v) is 2.50. The molecule has 0 fully saturated rings. The van der Waals surface area contributed by atoms with E-state index in [0.29, 0.717) is 18.6 Å². The van der Waals surface area contributed by atoms with Gasteiger partial charge in [0.05, 0.1) is 0 Å². The van der Waals surface area contributed by atoms with Crippen LogP contribution in [0.4, 0.5) is 0 Å². The normalized spacial score (nSPS) is 13.2. The van der Waals surface area contributed by atoms with Crippen molar-refractivity contribution in [1.82, 2.24) is 0 Å². The molecular weight excluding hydrogens is 214 g/mol. The van der Waals surface area contributed by atoms with Crippen LogP contribution < -0.4 is 5.73 Å². The molecule has 0 radical (unpaired) electrons. The highest BCUT2D eigenvalue weighted by molar-refractivity contribution is 5.76. The summed E-state index contributed by atoms with van der Waals surface area (Å²) >= 11 is 0. The first-order chi connectivity index (χ1) is 8.17. The molecule has 0 bridgehead atoms. The van der Waals surface area contributed by atoms with E-state index >= 15 is 0 Å². The Morgan fingerprint density at radius 1 is 1.41 bits per heavy atom. The van der Waals surface area contributed by atoms with Crippen molar-refractivity contribution in [2.45, 2.75) is 32.7 Å². The summed E-state index contributed by atoms with van der Waals surface area (Å²) in [6.07, 6.45) is 2.98. The van der Waals surface area contributed by atoms with Gasteiger partial charge >= 0.3 is 5.97 Å². The smallest absolute Gasteiger partial charge is 0.328 e.